The van der Waals surface area contributed by atoms with Gasteiger partial charge in [0, 0.05) is 17.5 Å². The summed E-state index contributed by atoms with van der Waals surface area (Å²) in [5.74, 6) is 0.450. The Bertz CT molecular complexity index is 822. The van der Waals surface area contributed by atoms with Gasteiger partial charge in [-0.3, -0.25) is 4.79 Å². The van der Waals surface area contributed by atoms with Gasteiger partial charge in [0.25, 0.3) is 0 Å². The number of fused-ring (bicyclic) bond motifs is 2. The molecule has 1 atom stereocenters. The number of aryl methyl sites for hydroxylation is 1. The maximum Gasteiger partial charge on any atom is 0.220 e. The maximum atomic E-state index is 12.6. The van der Waals surface area contributed by atoms with Crippen molar-refractivity contribution in [1.82, 2.24) is 0 Å². The number of nitrogens with one attached hydrogen (secondary N) is 1. The fourth-order valence-electron chi connectivity index (χ4n) is 2.96. The molecule has 1 aliphatic rings. The molecule has 4 rings (SSSR count). The number of hydrogen-bond acceptors (Lipinski definition) is 3. The second-order valence-electron chi connectivity index (χ2n) is 5.53. The minimum atomic E-state index is -0.233. The van der Waals surface area contributed by atoms with E-state index < -0.39 is 0 Å². The molecule has 1 unspecified atom stereocenters. The lowest BCUT2D eigenvalue weighted by Crippen LogP contribution is -2.26. The lowest BCUT2D eigenvalue weighted by Gasteiger charge is -2.07. The molecule has 2 aromatic carbocycles. The van der Waals surface area contributed by atoms with Crippen molar-refractivity contribution >= 4 is 22.4 Å². The quantitative estimate of drug-likeness (QED) is 0.721. The van der Waals surface area contributed by atoms with Gasteiger partial charge in [-0.25, -0.2) is 0 Å². The first-order chi connectivity index (χ1) is 10.2. The van der Waals surface area contributed by atoms with Gasteiger partial charge in [-0.05, 0) is 30.2 Å². The number of para-hydroxylation sites is 2. The van der Waals surface area contributed by atoms with Gasteiger partial charge in [0.15, 0.2) is 5.76 Å². The third-order valence-electron chi connectivity index (χ3n) is 4.07. The van der Waals surface area contributed by atoms with Crippen molar-refractivity contribution in [1.29, 1.82) is 0 Å². The Kier molecular flexibility index (Phi) is 2.61. The summed E-state index contributed by atoms with van der Waals surface area (Å²) in [6.45, 7) is 1.99. The Balaban J connectivity index is 1.67. The second kappa shape index (κ2) is 4.48. The maximum absolute atomic E-state index is 12.6. The Morgan fingerprint density at radius 3 is 2.86 bits per heavy atom. The number of anilines is 1. The molecule has 0 spiro atoms. The summed E-state index contributed by atoms with van der Waals surface area (Å²) in [6.07, 6.45) is 0.713. The summed E-state index contributed by atoms with van der Waals surface area (Å²) in [6, 6.07) is 15.6. The number of hydrogen-bond donors (Lipinski definition) is 1. The predicted octanol–water partition coefficient (Wildman–Crippen LogP) is 3.96. The van der Waals surface area contributed by atoms with E-state index in [1.807, 2.05) is 49.4 Å². The Morgan fingerprint density at radius 1 is 1.19 bits per heavy atom. The molecular weight excluding hydrogens is 262 g/mol. The van der Waals surface area contributed by atoms with E-state index in [0.29, 0.717) is 12.2 Å². The van der Waals surface area contributed by atoms with E-state index in [0.717, 1.165) is 22.2 Å². The number of benzene rings is 2. The average molecular weight is 277 g/mol. The zero-order valence-corrected chi connectivity index (χ0v) is 11.7. The van der Waals surface area contributed by atoms with E-state index >= 15 is 0 Å². The highest BCUT2D eigenvalue weighted by molar-refractivity contribution is 6.03. The smallest absolute Gasteiger partial charge is 0.220 e. The summed E-state index contributed by atoms with van der Waals surface area (Å²) in [7, 11) is 0. The number of carbonyl (C=O) groups excluding carboxylic acids is 1. The SMILES string of the molecule is Cc1cccc2cc(C(=O)C3Cc4ccccc4N3)oc12. The normalized spacial score (nSPS) is 16.7. The molecule has 21 heavy (non-hydrogen) atoms. The van der Waals surface area contributed by atoms with Crippen molar-refractivity contribution in [2.24, 2.45) is 0 Å². The van der Waals surface area contributed by atoms with Crippen LogP contribution >= 0.6 is 0 Å². The van der Waals surface area contributed by atoms with Crippen LogP contribution in [0.5, 0.6) is 0 Å². The predicted molar refractivity (Wildman–Crippen MR) is 82.8 cm³/mol. The van der Waals surface area contributed by atoms with Gasteiger partial charge in [-0.1, -0.05) is 36.4 Å². The molecule has 0 saturated carbocycles. The summed E-state index contributed by atoms with van der Waals surface area (Å²) in [4.78, 5) is 12.6. The molecule has 0 fully saturated rings. The van der Waals surface area contributed by atoms with Crippen LogP contribution in [0.4, 0.5) is 5.69 Å². The van der Waals surface area contributed by atoms with Crippen molar-refractivity contribution in [3.63, 3.8) is 0 Å². The molecule has 0 bridgehead atoms. The van der Waals surface area contributed by atoms with Crippen LogP contribution in [0.1, 0.15) is 21.7 Å². The van der Waals surface area contributed by atoms with Crippen molar-refractivity contribution in [2.75, 3.05) is 5.32 Å². The lowest BCUT2D eigenvalue weighted by molar-refractivity contribution is 0.0946. The van der Waals surface area contributed by atoms with E-state index in [-0.39, 0.29) is 11.8 Å². The molecule has 1 aliphatic heterocycles. The van der Waals surface area contributed by atoms with E-state index in [2.05, 4.69) is 11.4 Å². The van der Waals surface area contributed by atoms with Gasteiger partial charge >= 0.3 is 0 Å². The number of carbonyl (C=O) groups is 1. The third-order valence-corrected chi connectivity index (χ3v) is 4.07. The average Bonchev–Trinajstić information content (AvgIpc) is 3.11. The summed E-state index contributed by atoms with van der Waals surface area (Å²) in [5, 5.41) is 4.26. The van der Waals surface area contributed by atoms with Crippen LogP contribution in [0.15, 0.2) is 52.9 Å². The third kappa shape index (κ3) is 1.93. The van der Waals surface area contributed by atoms with Crippen LogP contribution < -0.4 is 5.32 Å². The van der Waals surface area contributed by atoms with Gasteiger partial charge in [0.05, 0.1) is 6.04 Å². The first-order valence-electron chi connectivity index (χ1n) is 7.10. The van der Waals surface area contributed by atoms with Crippen molar-refractivity contribution < 1.29 is 9.21 Å². The lowest BCUT2D eigenvalue weighted by atomic mass is 10.1. The van der Waals surface area contributed by atoms with Crippen LogP contribution in [-0.4, -0.2) is 11.8 Å². The van der Waals surface area contributed by atoms with E-state index in [9.17, 15) is 4.79 Å². The van der Waals surface area contributed by atoms with E-state index in [4.69, 9.17) is 4.42 Å². The monoisotopic (exact) mass is 277 g/mol. The highest BCUT2D eigenvalue weighted by Gasteiger charge is 2.29. The van der Waals surface area contributed by atoms with Gasteiger partial charge in [-0.15, -0.1) is 0 Å². The topological polar surface area (TPSA) is 42.2 Å². The van der Waals surface area contributed by atoms with E-state index in [1.165, 1.54) is 5.56 Å². The summed E-state index contributed by atoms with van der Waals surface area (Å²) < 4.78 is 5.78. The van der Waals surface area contributed by atoms with Gasteiger partial charge in [0.1, 0.15) is 5.58 Å². The second-order valence-corrected chi connectivity index (χ2v) is 5.53. The zero-order chi connectivity index (χ0) is 14.4. The van der Waals surface area contributed by atoms with Crippen molar-refractivity contribution in [2.45, 2.75) is 19.4 Å². The van der Waals surface area contributed by atoms with Crippen LogP contribution in [0.2, 0.25) is 0 Å². The molecular formula is C18H15NO2. The molecule has 0 aliphatic carbocycles. The fourth-order valence-corrected chi connectivity index (χ4v) is 2.96. The first kappa shape index (κ1) is 12.2. The molecule has 1 aromatic heterocycles. The molecule has 0 radical (unpaired) electrons. The summed E-state index contributed by atoms with van der Waals surface area (Å²) >= 11 is 0. The number of Topliss-reactive ketones (excluding diaryl/α,β-unsaturated/α-hetero) is 1. The number of rotatable bonds is 2. The Labute approximate surface area is 122 Å². The number of ketones is 1. The molecule has 3 heteroatoms. The minimum Gasteiger partial charge on any atom is -0.453 e. The van der Waals surface area contributed by atoms with Crippen LogP contribution in [0, 0.1) is 6.92 Å². The molecule has 1 N–H and O–H groups in total. The molecule has 3 nitrogen and oxygen atoms in total. The highest BCUT2D eigenvalue weighted by Crippen LogP contribution is 2.29. The first-order valence-corrected chi connectivity index (χ1v) is 7.10. The van der Waals surface area contributed by atoms with Gasteiger partial charge in [-0.2, -0.15) is 0 Å². The van der Waals surface area contributed by atoms with Crippen LogP contribution in [0.3, 0.4) is 0 Å². The van der Waals surface area contributed by atoms with Gasteiger partial charge in [0.2, 0.25) is 5.78 Å². The molecule has 3 aromatic rings. The number of furan rings is 1. The Morgan fingerprint density at radius 2 is 2.05 bits per heavy atom. The van der Waals surface area contributed by atoms with Crippen molar-refractivity contribution in [3.05, 3.63) is 65.4 Å². The zero-order valence-electron chi connectivity index (χ0n) is 11.7. The highest BCUT2D eigenvalue weighted by atomic mass is 16.3. The molecule has 0 saturated heterocycles. The van der Waals surface area contributed by atoms with Crippen LogP contribution in [-0.2, 0) is 6.42 Å². The molecule has 104 valence electrons. The largest absolute Gasteiger partial charge is 0.453 e. The van der Waals surface area contributed by atoms with Crippen LogP contribution in [0.25, 0.3) is 11.0 Å². The van der Waals surface area contributed by atoms with E-state index in [1.54, 1.807) is 0 Å². The fraction of sp³-hybridized carbons (Fsp3) is 0.167. The molecule has 0 amide bonds. The standard InChI is InChI=1S/C18H15NO2/c1-11-5-4-7-13-10-16(21-18(11)13)17(20)15-9-12-6-2-3-8-14(12)19-15/h2-8,10,15,19H,9H2,1H3. The Hall–Kier alpha value is -2.55. The minimum absolute atomic E-state index is 0.0156. The van der Waals surface area contributed by atoms with Crippen molar-refractivity contribution in [3.8, 4) is 0 Å². The molecule has 2 heterocycles. The summed E-state index contributed by atoms with van der Waals surface area (Å²) in [5.41, 5.74) is 4.08. The van der Waals surface area contributed by atoms with Gasteiger partial charge < -0.3 is 9.73 Å².